The summed E-state index contributed by atoms with van der Waals surface area (Å²) in [6.07, 6.45) is 0. The first-order chi connectivity index (χ1) is 8.98. The number of halogens is 2. The van der Waals surface area contributed by atoms with Gasteiger partial charge < -0.3 is 14.8 Å². The molecule has 1 aliphatic heterocycles. The largest absolute Gasteiger partial charge is 0.483 e. The predicted octanol–water partition coefficient (Wildman–Crippen LogP) is 2.63. The van der Waals surface area contributed by atoms with Gasteiger partial charge in [-0.05, 0) is 34.1 Å². The van der Waals surface area contributed by atoms with Gasteiger partial charge in [-0.3, -0.25) is 4.79 Å². The Morgan fingerprint density at radius 3 is 2.89 bits per heavy atom. The number of amides is 1. The Bertz CT molecular complexity index is 477. The van der Waals surface area contributed by atoms with Gasteiger partial charge in [0.15, 0.2) is 6.61 Å². The van der Waals surface area contributed by atoms with Gasteiger partial charge in [0.25, 0.3) is 5.91 Å². The lowest BCUT2D eigenvalue weighted by Gasteiger charge is -2.37. The molecular weight excluding hydrogens is 334 g/mol. The lowest BCUT2D eigenvalue weighted by atomic mass is 9.89. The highest BCUT2D eigenvalue weighted by Crippen LogP contribution is 2.28. The number of carbonyl (C=O) groups excluding carboxylic acids is 1. The minimum Gasteiger partial charge on any atom is -0.483 e. The van der Waals surface area contributed by atoms with Crippen molar-refractivity contribution in [1.29, 1.82) is 0 Å². The Kier molecular flexibility index (Phi) is 4.71. The van der Waals surface area contributed by atoms with E-state index in [-0.39, 0.29) is 17.9 Å². The van der Waals surface area contributed by atoms with Crippen LogP contribution in [0.4, 0.5) is 0 Å². The molecule has 6 heteroatoms. The van der Waals surface area contributed by atoms with E-state index in [1.807, 2.05) is 0 Å². The lowest BCUT2D eigenvalue weighted by molar-refractivity contribution is -0.128. The zero-order chi connectivity index (χ0) is 13.9. The number of hydrogen-bond acceptors (Lipinski definition) is 3. The Morgan fingerprint density at radius 2 is 2.32 bits per heavy atom. The van der Waals surface area contributed by atoms with E-state index in [0.717, 1.165) is 4.47 Å². The van der Waals surface area contributed by atoms with E-state index in [2.05, 4.69) is 28.2 Å². The third-order valence-electron chi connectivity index (χ3n) is 2.87. The van der Waals surface area contributed by atoms with Crippen molar-refractivity contribution in [3.05, 3.63) is 27.7 Å². The maximum absolute atomic E-state index is 11.7. The van der Waals surface area contributed by atoms with Crippen molar-refractivity contribution >= 4 is 33.4 Å². The van der Waals surface area contributed by atoms with Crippen LogP contribution in [0.1, 0.15) is 6.92 Å². The topological polar surface area (TPSA) is 47.6 Å². The van der Waals surface area contributed by atoms with Crippen molar-refractivity contribution in [1.82, 2.24) is 5.32 Å². The smallest absolute Gasteiger partial charge is 0.257 e. The molecule has 1 fully saturated rings. The molecule has 4 nitrogen and oxygen atoms in total. The van der Waals surface area contributed by atoms with Crippen LogP contribution in [0.3, 0.4) is 0 Å². The summed E-state index contributed by atoms with van der Waals surface area (Å²) in [6, 6.07) is 5.16. The fraction of sp³-hybridized carbons (Fsp3) is 0.462. The van der Waals surface area contributed by atoms with Crippen LogP contribution < -0.4 is 10.1 Å². The SMILES string of the molecule is CC1(CNC(=O)COc2ccc(Cl)cc2Br)COC1. The van der Waals surface area contributed by atoms with Crippen molar-refractivity contribution in [2.24, 2.45) is 5.41 Å². The molecule has 0 atom stereocenters. The van der Waals surface area contributed by atoms with E-state index in [1.54, 1.807) is 18.2 Å². The first-order valence-corrected chi connectivity index (χ1v) is 7.08. The van der Waals surface area contributed by atoms with Crippen LogP contribution in [-0.2, 0) is 9.53 Å². The average Bonchev–Trinajstić information content (AvgIpc) is 2.33. The Balaban J connectivity index is 1.76. The van der Waals surface area contributed by atoms with Crippen LogP contribution in [0.5, 0.6) is 5.75 Å². The summed E-state index contributed by atoms with van der Waals surface area (Å²) in [4.78, 5) is 11.7. The van der Waals surface area contributed by atoms with Gasteiger partial charge in [0, 0.05) is 17.0 Å². The molecule has 1 aliphatic rings. The molecule has 1 aromatic rings. The van der Waals surface area contributed by atoms with Crippen LogP contribution in [0, 0.1) is 5.41 Å². The van der Waals surface area contributed by atoms with Crippen molar-refractivity contribution in [3.63, 3.8) is 0 Å². The van der Waals surface area contributed by atoms with E-state index < -0.39 is 0 Å². The standard InChI is InChI=1S/C13H15BrClNO3/c1-13(7-18-8-13)6-16-12(17)5-19-11-3-2-9(15)4-10(11)14/h2-4H,5-8H2,1H3,(H,16,17). The second-order valence-corrected chi connectivity index (χ2v) is 6.23. The number of ether oxygens (including phenoxy) is 2. The fourth-order valence-electron chi connectivity index (χ4n) is 1.65. The Hall–Kier alpha value is -0.780. The number of rotatable bonds is 5. The van der Waals surface area contributed by atoms with Crippen LogP contribution in [0.2, 0.25) is 5.02 Å². The molecule has 2 rings (SSSR count). The van der Waals surface area contributed by atoms with E-state index in [9.17, 15) is 4.79 Å². The molecule has 0 bridgehead atoms. The molecular formula is C13H15BrClNO3. The minimum absolute atomic E-state index is 0.0167. The maximum atomic E-state index is 11.7. The molecule has 0 aromatic heterocycles. The highest BCUT2D eigenvalue weighted by Gasteiger charge is 2.33. The van der Waals surface area contributed by atoms with Crippen molar-refractivity contribution in [2.45, 2.75) is 6.92 Å². The van der Waals surface area contributed by atoms with Gasteiger partial charge in [-0.1, -0.05) is 18.5 Å². The Labute approximate surface area is 125 Å². The quantitative estimate of drug-likeness (QED) is 0.890. The molecule has 0 unspecified atom stereocenters. The van der Waals surface area contributed by atoms with Gasteiger partial charge in [-0.15, -0.1) is 0 Å². The van der Waals surface area contributed by atoms with Crippen LogP contribution in [-0.4, -0.2) is 32.3 Å². The first kappa shape index (κ1) is 14.6. The number of benzene rings is 1. The van der Waals surface area contributed by atoms with Crippen LogP contribution >= 0.6 is 27.5 Å². The van der Waals surface area contributed by atoms with E-state index in [1.165, 1.54) is 0 Å². The van der Waals surface area contributed by atoms with Gasteiger partial charge in [-0.2, -0.15) is 0 Å². The van der Waals surface area contributed by atoms with E-state index >= 15 is 0 Å². The third-order valence-corrected chi connectivity index (χ3v) is 3.72. The van der Waals surface area contributed by atoms with Crippen LogP contribution in [0.15, 0.2) is 22.7 Å². The second-order valence-electron chi connectivity index (χ2n) is 4.94. The molecule has 1 aromatic carbocycles. The molecule has 19 heavy (non-hydrogen) atoms. The van der Waals surface area contributed by atoms with Crippen LogP contribution in [0.25, 0.3) is 0 Å². The molecule has 0 radical (unpaired) electrons. The molecule has 104 valence electrons. The molecule has 1 heterocycles. The Morgan fingerprint density at radius 1 is 1.58 bits per heavy atom. The number of nitrogens with one attached hydrogen (secondary N) is 1. The predicted molar refractivity (Wildman–Crippen MR) is 76.6 cm³/mol. The summed E-state index contributed by atoms with van der Waals surface area (Å²) in [6.45, 7) is 4.05. The summed E-state index contributed by atoms with van der Waals surface area (Å²) in [5.41, 5.74) is 0.0660. The third kappa shape index (κ3) is 4.09. The summed E-state index contributed by atoms with van der Waals surface area (Å²) in [7, 11) is 0. The summed E-state index contributed by atoms with van der Waals surface area (Å²) in [5, 5.41) is 3.45. The fourth-order valence-corrected chi connectivity index (χ4v) is 2.45. The monoisotopic (exact) mass is 347 g/mol. The molecule has 1 amide bonds. The molecule has 1 N–H and O–H groups in total. The summed E-state index contributed by atoms with van der Waals surface area (Å²) < 4.78 is 11.3. The number of carbonyl (C=O) groups is 1. The highest BCUT2D eigenvalue weighted by atomic mass is 79.9. The minimum atomic E-state index is -0.144. The molecule has 1 saturated heterocycles. The zero-order valence-electron chi connectivity index (χ0n) is 10.5. The lowest BCUT2D eigenvalue weighted by Crippen LogP contribution is -2.49. The van der Waals surface area contributed by atoms with Crippen molar-refractivity contribution in [2.75, 3.05) is 26.4 Å². The average molecular weight is 349 g/mol. The van der Waals surface area contributed by atoms with Crippen molar-refractivity contribution in [3.8, 4) is 5.75 Å². The van der Waals surface area contributed by atoms with E-state index in [0.29, 0.717) is 30.5 Å². The summed E-state index contributed by atoms with van der Waals surface area (Å²) in [5.74, 6) is 0.452. The van der Waals surface area contributed by atoms with E-state index in [4.69, 9.17) is 21.1 Å². The van der Waals surface area contributed by atoms with Gasteiger partial charge in [-0.25, -0.2) is 0 Å². The molecule has 0 aliphatic carbocycles. The molecule has 0 saturated carbocycles. The zero-order valence-corrected chi connectivity index (χ0v) is 12.9. The van der Waals surface area contributed by atoms with Gasteiger partial charge >= 0.3 is 0 Å². The number of hydrogen-bond donors (Lipinski definition) is 1. The molecule has 0 spiro atoms. The highest BCUT2D eigenvalue weighted by molar-refractivity contribution is 9.10. The summed E-state index contributed by atoms with van der Waals surface area (Å²) >= 11 is 9.16. The van der Waals surface area contributed by atoms with Gasteiger partial charge in [0.05, 0.1) is 17.7 Å². The normalized spacial score (nSPS) is 16.6. The van der Waals surface area contributed by atoms with Gasteiger partial charge in [0.1, 0.15) is 5.75 Å². The van der Waals surface area contributed by atoms with Gasteiger partial charge in [0.2, 0.25) is 0 Å². The first-order valence-electron chi connectivity index (χ1n) is 5.91. The van der Waals surface area contributed by atoms with Crippen molar-refractivity contribution < 1.29 is 14.3 Å². The second kappa shape index (κ2) is 6.11. The maximum Gasteiger partial charge on any atom is 0.257 e.